The lowest BCUT2D eigenvalue weighted by Crippen LogP contribution is -2.29. The Hall–Kier alpha value is -1.38. The van der Waals surface area contributed by atoms with Crippen LogP contribution in [0, 0.1) is 0 Å². The zero-order chi connectivity index (χ0) is 13.2. The highest BCUT2D eigenvalue weighted by Gasteiger charge is 2.24. The van der Waals surface area contributed by atoms with Gasteiger partial charge >= 0.3 is 5.97 Å². The number of sulfonamides is 1. The summed E-state index contributed by atoms with van der Waals surface area (Å²) in [4.78, 5) is 10.7. The number of carboxylic acid groups (broad SMARTS) is 1. The molecule has 0 saturated carbocycles. The summed E-state index contributed by atoms with van der Waals surface area (Å²) in [5.74, 6) is -1.20. The molecule has 96 valence electrons. The van der Waals surface area contributed by atoms with Crippen molar-refractivity contribution >= 4 is 16.0 Å². The Kier molecular flexibility index (Phi) is 3.91. The lowest BCUT2D eigenvalue weighted by atomic mass is 10.4. The molecule has 0 saturated heterocycles. The van der Waals surface area contributed by atoms with Gasteiger partial charge in [0.05, 0.1) is 6.61 Å². The Bertz CT molecular complexity index is 519. The van der Waals surface area contributed by atoms with Gasteiger partial charge in [0.1, 0.15) is 10.6 Å². The van der Waals surface area contributed by atoms with Crippen molar-refractivity contribution in [1.82, 2.24) is 8.87 Å². The number of aryl methyl sites for hydroxylation is 1. The topological polar surface area (TPSA) is 99.8 Å². The maximum Gasteiger partial charge on any atom is 0.352 e. The summed E-state index contributed by atoms with van der Waals surface area (Å²) in [6.07, 6.45) is 1.23. The highest BCUT2D eigenvalue weighted by Crippen LogP contribution is 2.17. The molecule has 0 spiro atoms. The van der Waals surface area contributed by atoms with Gasteiger partial charge in [0.25, 0.3) is 0 Å². The first-order valence-corrected chi connectivity index (χ1v) is 6.21. The molecule has 2 N–H and O–H groups in total. The summed E-state index contributed by atoms with van der Waals surface area (Å²) in [5.41, 5.74) is -0.110. The number of carboxylic acids is 1. The van der Waals surface area contributed by atoms with Gasteiger partial charge < -0.3 is 14.8 Å². The maximum atomic E-state index is 11.9. The van der Waals surface area contributed by atoms with Gasteiger partial charge in [-0.2, -0.15) is 4.31 Å². The van der Waals surface area contributed by atoms with Gasteiger partial charge in [-0.3, -0.25) is 0 Å². The standard InChI is InChI=1S/C9H14N2O5S/c1-10-6-7(5-8(10)9(13)14)17(15,16)11(2)3-4-12/h5-6,12H,3-4H2,1-2H3,(H,13,14). The number of aliphatic hydroxyl groups excluding tert-OH is 1. The summed E-state index contributed by atoms with van der Waals surface area (Å²) >= 11 is 0. The zero-order valence-corrected chi connectivity index (χ0v) is 10.3. The molecule has 7 nitrogen and oxygen atoms in total. The average Bonchev–Trinajstić information content (AvgIpc) is 2.61. The van der Waals surface area contributed by atoms with Crippen LogP contribution in [-0.2, 0) is 17.1 Å². The van der Waals surface area contributed by atoms with Crippen LogP contribution in [0.2, 0.25) is 0 Å². The number of aromatic carboxylic acids is 1. The Balaban J connectivity index is 3.17. The van der Waals surface area contributed by atoms with E-state index in [9.17, 15) is 13.2 Å². The van der Waals surface area contributed by atoms with Crippen molar-refractivity contribution in [2.45, 2.75) is 4.90 Å². The molecular weight excluding hydrogens is 248 g/mol. The third-order valence-electron chi connectivity index (χ3n) is 2.32. The van der Waals surface area contributed by atoms with E-state index in [1.165, 1.54) is 24.9 Å². The minimum absolute atomic E-state index is 0.0420. The van der Waals surface area contributed by atoms with Crippen LogP contribution in [-0.4, -0.2) is 53.7 Å². The summed E-state index contributed by atoms with van der Waals surface area (Å²) in [6, 6.07) is 1.09. The van der Waals surface area contributed by atoms with Crippen molar-refractivity contribution < 1.29 is 23.4 Å². The van der Waals surface area contributed by atoms with Crippen molar-refractivity contribution in [2.75, 3.05) is 20.2 Å². The number of aliphatic hydroxyl groups is 1. The Morgan fingerprint density at radius 1 is 1.53 bits per heavy atom. The van der Waals surface area contributed by atoms with Gasteiger partial charge in [-0.05, 0) is 6.07 Å². The van der Waals surface area contributed by atoms with Crippen molar-refractivity contribution in [3.05, 3.63) is 18.0 Å². The second kappa shape index (κ2) is 4.86. The third-order valence-corrected chi connectivity index (χ3v) is 4.14. The molecule has 0 bridgehead atoms. The van der Waals surface area contributed by atoms with E-state index in [1.807, 2.05) is 0 Å². The summed E-state index contributed by atoms with van der Waals surface area (Å²) in [6.45, 7) is -0.339. The molecule has 0 aromatic carbocycles. The van der Waals surface area contributed by atoms with E-state index in [-0.39, 0.29) is 23.7 Å². The Morgan fingerprint density at radius 2 is 2.12 bits per heavy atom. The second-order valence-electron chi connectivity index (χ2n) is 3.53. The summed E-state index contributed by atoms with van der Waals surface area (Å²) < 4.78 is 26.0. The first-order valence-electron chi connectivity index (χ1n) is 4.77. The van der Waals surface area contributed by atoms with Crippen molar-refractivity contribution in [3.63, 3.8) is 0 Å². The Morgan fingerprint density at radius 3 is 2.53 bits per heavy atom. The van der Waals surface area contributed by atoms with E-state index in [0.717, 1.165) is 10.4 Å². The number of hydrogen-bond acceptors (Lipinski definition) is 4. The Labute approximate surface area is 98.9 Å². The van der Waals surface area contributed by atoms with Gasteiger partial charge in [-0.1, -0.05) is 0 Å². The largest absolute Gasteiger partial charge is 0.477 e. The minimum Gasteiger partial charge on any atom is -0.477 e. The fraction of sp³-hybridized carbons (Fsp3) is 0.444. The third kappa shape index (κ3) is 2.65. The van der Waals surface area contributed by atoms with Crippen LogP contribution in [0.3, 0.4) is 0 Å². The maximum absolute atomic E-state index is 11.9. The first kappa shape index (κ1) is 13.7. The van der Waals surface area contributed by atoms with Crippen LogP contribution in [0.5, 0.6) is 0 Å². The van der Waals surface area contributed by atoms with Crippen LogP contribution in [0.4, 0.5) is 0 Å². The molecular formula is C9H14N2O5S. The highest BCUT2D eigenvalue weighted by atomic mass is 32.2. The van der Waals surface area contributed by atoms with E-state index in [4.69, 9.17) is 10.2 Å². The number of carbonyl (C=O) groups is 1. The summed E-state index contributed by atoms with van der Waals surface area (Å²) in [5, 5.41) is 17.5. The zero-order valence-electron chi connectivity index (χ0n) is 9.49. The molecule has 0 amide bonds. The van der Waals surface area contributed by atoms with Gasteiger partial charge in [0, 0.05) is 26.8 Å². The summed E-state index contributed by atoms with van der Waals surface area (Å²) in [7, 11) is -0.976. The van der Waals surface area contributed by atoms with E-state index in [2.05, 4.69) is 0 Å². The number of hydrogen-bond donors (Lipinski definition) is 2. The molecule has 1 heterocycles. The molecule has 1 rings (SSSR count). The molecule has 0 radical (unpaired) electrons. The van der Waals surface area contributed by atoms with Gasteiger partial charge in [-0.25, -0.2) is 13.2 Å². The normalized spacial score (nSPS) is 12.0. The van der Waals surface area contributed by atoms with Gasteiger partial charge in [0.2, 0.25) is 10.0 Å². The van der Waals surface area contributed by atoms with Crippen molar-refractivity contribution in [3.8, 4) is 0 Å². The number of nitrogens with zero attached hydrogens (tertiary/aromatic N) is 2. The molecule has 0 aliphatic heterocycles. The van der Waals surface area contributed by atoms with Crippen molar-refractivity contribution in [1.29, 1.82) is 0 Å². The number of rotatable bonds is 5. The van der Waals surface area contributed by atoms with E-state index in [1.54, 1.807) is 0 Å². The smallest absolute Gasteiger partial charge is 0.352 e. The fourth-order valence-electron chi connectivity index (χ4n) is 1.33. The van der Waals surface area contributed by atoms with Crippen molar-refractivity contribution in [2.24, 2.45) is 7.05 Å². The van der Waals surface area contributed by atoms with Gasteiger partial charge in [-0.15, -0.1) is 0 Å². The van der Waals surface area contributed by atoms with E-state index in [0.29, 0.717) is 0 Å². The second-order valence-corrected chi connectivity index (χ2v) is 5.57. The van der Waals surface area contributed by atoms with Crippen LogP contribution in [0.25, 0.3) is 0 Å². The van der Waals surface area contributed by atoms with Crippen LogP contribution >= 0.6 is 0 Å². The van der Waals surface area contributed by atoms with Gasteiger partial charge in [0.15, 0.2) is 0 Å². The highest BCUT2D eigenvalue weighted by molar-refractivity contribution is 7.89. The lowest BCUT2D eigenvalue weighted by molar-refractivity contribution is 0.0686. The van der Waals surface area contributed by atoms with Crippen LogP contribution < -0.4 is 0 Å². The molecule has 8 heteroatoms. The molecule has 0 fully saturated rings. The lowest BCUT2D eigenvalue weighted by Gasteiger charge is -2.14. The fourth-order valence-corrected chi connectivity index (χ4v) is 2.56. The molecule has 1 aromatic rings. The predicted octanol–water partition coefficient (Wildman–Crippen LogP) is -0.664. The number of likely N-dealkylation sites (N-methyl/N-ethyl adjacent to an activating group) is 1. The SMILES string of the molecule is CN(CCO)S(=O)(=O)c1cc(C(=O)O)n(C)c1. The molecule has 0 aliphatic carbocycles. The van der Waals surface area contributed by atoms with Crippen LogP contribution in [0.15, 0.2) is 17.2 Å². The predicted molar refractivity (Wildman–Crippen MR) is 59.3 cm³/mol. The molecule has 1 aromatic heterocycles. The minimum atomic E-state index is -3.75. The van der Waals surface area contributed by atoms with Crippen LogP contribution in [0.1, 0.15) is 10.5 Å². The average molecular weight is 262 g/mol. The monoisotopic (exact) mass is 262 g/mol. The first-order chi connectivity index (χ1) is 7.80. The molecule has 0 atom stereocenters. The van der Waals surface area contributed by atoms with E-state index >= 15 is 0 Å². The number of aromatic nitrogens is 1. The quantitative estimate of drug-likeness (QED) is 0.733. The molecule has 0 unspecified atom stereocenters. The molecule has 17 heavy (non-hydrogen) atoms. The van der Waals surface area contributed by atoms with E-state index < -0.39 is 16.0 Å². The molecule has 0 aliphatic rings.